The first-order valence-electron chi connectivity index (χ1n) is 10.6. The molecule has 0 saturated carbocycles. The van der Waals surface area contributed by atoms with Crippen LogP contribution in [0, 0.1) is 0 Å². The second-order valence-electron chi connectivity index (χ2n) is 8.92. The minimum Gasteiger partial charge on any atom is -0.482 e. The average molecular weight is 489 g/mol. The van der Waals surface area contributed by atoms with Gasteiger partial charge in [-0.25, -0.2) is 0 Å². The summed E-state index contributed by atoms with van der Waals surface area (Å²) in [4.78, 5) is 34.6. The summed E-state index contributed by atoms with van der Waals surface area (Å²) in [6.07, 6.45) is 4.35. The van der Waals surface area contributed by atoms with Crippen molar-refractivity contribution in [1.82, 2.24) is 5.32 Å². The fourth-order valence-corrected chi connectivity index (χ4v) is 4.02. The molecule has 1 amide bonds. The number of Topliss-reactive ketones (excluding diaryl/α,β-unsaturated/α-hetero) is 1. The molecule has 0 atom stereocenters. The highest BCUT2D eigenvalue weighted by Gasteiger charge is 2.37. The number of unbranched alkanes of at least 4 members (excludes halogenated alkanes) is 2. The van der Waals surface area contributed by atoms with Crippen LogP contribution in [0.5, 0.6) is 5.75 Å². The molecule has 0 radical (unpaired) electrons. The third-order valence-corrected chi connectivity index (χ3v) is 10.3. The summed E-state index contributed by atoms with van der Waals surface area (Å²) in [5.74, 6) is -0.263. The maximum atomic E-state index is 12.3. The molecule has 2 N–H and O–H groups in total. The molecule has 0 aromatic heterocycles. The van der Waals surface area contributed by atoms with Crippen molar-refractivity contribution in [3.8, 4) is 5.75 Å². The number of allylic oxidation sites excluding steroid dienone is 1. The molecular weight excluding hydrogens is 453 g/mol. The highest BCUT2D eigenvalue weighted by atomic mass is 35.5. The number of amides is 1. The molecule has 8 heteroatoms. The second kappa shape index (κ2) is 12.0. The molecule has 0 aliphatic carbocycles. The highest BCUT2D eigenvalue weighted by molar-refractivity contribution is 6.72. The number of halogens is 2. The zero-order valence-electron chi connectivity index (χ0n) is 19.2. The summed E-state index contributed by atoms with van der Waals surface area (Å²) in [6.45, 7) is 14.1. The zero-order chi connectivity index (χ0) is 23.8. The van der Waals surface area contributed by atoms with Gasteiger partial charge in [0.2, 0.25) is 0 Å². The van der Waals surface area contributed by atoms with Gasteiger partial charge in [0, 0.05) is 12.1 Å². The van der Waals surface area contributed by atoms with Crippen LogP contribution in [0.25, 0.3) is 0 Å². The van der Waals surface area contributed by atoms with Crippen molar-refractivity contribution in [2.45, 2.75) is 71.0 Å². The number of carbonyl (C=O) groups is 2. The zero-order valence-corrected chi connectivity index (χ0v) is 21.8. The third-order valence-electron chi connectivity index (χ3n) is 5.86. The maximum absolute atomic E-state index is 12.3. The Labute approximate surface area is 197 Å². The number of rotatable bonds is 13. The van der Waals surface area contributed by atoms with E-state index in [0.29, 0.717) is 18.5 Å². The van der Waals surface area contributed by atoms with Gasteiger partial charge in [-0.3, -0.25) is 9.59 Å². The lowest BCUT2D eigenvalue weighted by Gasteiger charge is -2.35. The molecule has 1 aromatic carbocycles. The van der Waals surface area contributed by atoms with Crippen molar-refractivity contribution < 1.29 is 19.1 Å². The van der Waals surface area contributed by atoms with E-state index in [-0.39, 0.29) is 44.7 Å². The number of ketones is 1. The van der Waals surface area contributed by atoms with E-state index < -0.39 is 8.32 Å². The fraction of sp³-hybridized carbons (Fsp3) is 0.565. The lowest BCUT2D eigenvalue weighted by Crippen LogP contribution is -2.38. The van der Waals surface area contributed by atoms with Crippen LogP contribution in [0.3, 0.4) is 0 Å². The van der Waals surface area contributed by atoms with E-state index in [1.807, 2.05) is 20.0 Å². The van der Waals surface area contributed by atoms with Crippen molar-refractivity contribution in [1.29, 1.82) is 0 Å². The van der Waals surface area contributed by atoms with Gasteiger partial charge in [0.1, 0.15) is 10.8 Å². The van der Waals surface area contributed by atoms with Crippen molar-refractivity contribution in [2.24, 2.45) is 0 Å². The molecule has 0 unspecified atom stereocenters. The van der Waals surface area contributed by atoms with Gasteiger partial charge in [-0.2, -0.15) is 0 Å². The first-order chi connectivity index (χ1) is 14.3. The molecule has 174 valence electrons. The Balaban J connectivity index is 2.42. The minimum absolute atomic E-state index is 0.0193. The molecule has 0 heterocycles. The first-order valence-corrected chi connectivity index (χ1v) is 14.3. The van der Waals surface area contributed by atoms with Gasteiger partial charge in [-0.1, -0.05) is 63.4 Å². The van der Waals surface area contributed by atoms with E-state index in [1.165, 1.54) is 12.1 Å². The van der Waals surface area contributed by atoms with Gasteiger partial charge in [0.15, 0.2) is 20.7 Å². The predicted octanol–water partition coefficient (Wildman–Crippen LogP) is 6.18. The van der Waals surface area contributed by atoms with Crippen LogP contribution in [-0.4, -0.2) is 38.0 Å². The van der Waals surface area contributed by atoms with E-state index in [0.717, 1.165) is 25.7 Å². The Morgan fingerprint density at radius 1 is 1.16 bits per heavy atom. The minimum atomic E-state index is -2.17. The molecule has 0 bridgehead atoms. The van der Waals surface area contributed by atoms with E-state index in [2.05, 4.69) is 25.7 Å². The molecule has 0 spiro atoms. The van der Waals surface area contributed by atoms with Gasteiger partial charge in [-0.05, 0) is 55.1 Å². The summed E-state index contributed by atoms with van der Waals surface area (Å²) in [7, 11) is -2.17. The number of benzene rings is 1. The summed E-state index contributed by atoms with van der Waals surface area (Å²) < 4.78 is 5.48. The average Bonchev–Trinajstić information content (AvgIpc) is 2.69. The Hall–Kier alpha value is -1.34. The maximum Gasteiger partial charge on any atom is 0.257 e. The Morgan fingerprint density at radius 3 is 2.39 bits per heavy atom. The third kappa shape index (κ3) is 8.26. The van der Waals surface area contributed by atoms with Gasteiger partial charge >= 0.3 is 0 Å². The lowest BCUT2D eigenvalue weighted by atomic mass is 10.0. The Kier molecular flexibility index (Phi) is 10.8. The van der Waals surface area contributed by atoms with Crippen LogP contribution in [0.2, 0.25) is 28.2 Å². The fourth-order valence-electron chi connectivity index (χ4n) is 2.77. The Morgan fingerprint density at radius 2 is 1.81 bits per heavy atom. The van der Waals surface area contributed by atoms with Crippen molar-refractivity contribution >= 4 is 43.2 Å². The Bertz CT molecular complexity index is 804. The van der Waals surface area contributed by atoms with Crippen LogP contribution < -0.4 is 10.1 Å². The molecule has 0 aliphatic heterocycles. The largest absolute Gasteiger partial charge is 0.482 e. The van der Waals surface area contributed by atoms with Crippen LogP contribution >= 0.6 is 23.2 Å². The number of hydrogen-bond acceptors (Lipinski definition) is 4. The summed E-state index contributed by atoms with van der Waals surface area (Å²) in [5.41, 5.74) is 0.711. The molecule has 31 heavy (non-hydrogen) atoms. The van der Waals surface area contributed by atoms with Gasteiger partial charge < -0.3 is 14.8 Å². The van der Waals surface area contributed by atoms with Crippen molar-refractivity contribution in [2.75, 3.05) is 13.2 Å². The van der Waals surface area contributed by atoms with Gasteiger partial charge in [0.25, 0.3) is 5.91 Å². The highest BCUT2D eigenvalue weighted by Crippen LogP contribution is 2.40. The molecule has 0 fully saturated rings. The summed E-state index contributed by atoms with van der Waals surface area (Å²) >= 11 is 12.4. The van der Waals surface area contributed by atoms with Crippen molar-refractivity contribution in [3.05, 3.63) is 39.9 Å². The van der Waals surface area contributed by atoms with E-state index >= 15 is 0 Å². The molecule has 5 nitrogen and oxygen atoms in total. The van der Waals surface area contributed by atoms with Crippen LogP contribution in [0.4, 0.5) is 0 Å². The summed E-state index contributed by atoms with van der Waals surface area (Å²) in [6, 6.07) is 3.06. The summed E-state index contributed by atoms with van der Waals surface area (Å²) in [5, 5.41) is 2.99. The first kappa shape index (κ1) is 27.7. The van der Waals surface area contributed by atoms with Crippen molar-refractivity contribution in [3.63, 3.8) is 0 Å². The lowest BCUT2D eigenvalue weighted by molar-refractivity contribution is -0.123. The smallest absolute Gasteiger partial charge is 0.257 e. The number of ether oxygens (including phenoxy) is 1. The number of hydrogen-bond donors (Lipinski definition) is 2. The molecule has 1 rings (SSSR count). The normalized spacial score (nSPS) is 11.9. The van der Waals surface area contributed by atoms with Crippen LogP contribution in [0.1, 0.15) is 63.2 Å². The second-order valence-corrected chi connectivity index (χ2v) is 14.1. The number of nitrogens with one attached hydrogen (secondary N) is 1. The molecular formula is C23H35Cl2NO4Si. The van der Waals surface area contributed by atoms with E-state index in [4.69, 9.17) is 27.9 Å². The molecule has 0 aliphatic rings. The molecule has 1 aromatic rings. The van der Waals surface area contributed by atoms with E-state index in [9.17, 15) is 14.4 Å². The quantitative estimate of drug-likeness (QED) is 0.151. The standard InChI is InChI=1S/C23H35Cl2NO4Si/c1-7-16(2)22(28)17-11-12-18(21(25)20(17)24)30-15-19(27)26-14-10-8-9-13-23(3,4)31(5,6)29/h11-12,29H,2,7-10,13-15H2,1,3-6H3,(H,26,27). The van der Waals surface area contributed by atoms with Gasteiger partial charge in [0.05, 0.1) is 5.02 Å². The van der Waals surface area contributed by atoms with E-state index in [1.54, 1.807) is 0 Å². The SMILES string of the molecule is C=C(CC)C(=O)c1ccc(OCC(=O)NCCCCCC(C)(C)[Si](C)(C)O)c(Cl)c1Cl. The van der Waals surface area contributed by atoms with Gasteiger partial charge in [-0.15, -0.1) is 0 Å². The van der Waals surface area contributed by atoms with Crippen LogP contribution in [0.15, 0.2) is 24.3 Å². The number of carbonyl (C=O) groups excluding carboxylic acids is 2. The predicted molar refractivity (Wildman–Crippen MR) is 131 cm³/mol. The monoisotopic (exact) mass is 487 g/mol. The molecule has 0 saturated heterocycles. The topological polar surface area (TPSA) is 75.6 Å². The van der Waals surface area contributed by atoms with Crippen LogP contribution in [-0.2, 0) is 4.79 Å².